The van der Waals surface area contributed by atoms with Crippen molar-refractivity contribution in [3.05, 3.63) is 42.2 Å². The van der Waals surface area contributed by atoms with E-state index in [0.29, 0.717) is 18.9 Å². The molecule has 0 aliphatic heterocycles. The molecule has 0 atom stereocenters. The van der Waals surface area contributed by atoms with Crippen LogP contribution in [0.1, 0.15) is 29.0 Å². The molecule has 1 heterocycles. The average molecular weight is 221 g/mol. The van der Waals surface area contributed by atoms with Crippen LogP contribution in [-0.2, 0) is 11.3 Å². The van der Waals surface area contributed by atoms with Crippen LogP contribution in [0.15, 0.2) is 30.9 Å². The van der Waals surface area contributed by atoms with Crippen molar-refractivity contribution in [3.8, 4) is 0 Å². The maximum atomic E-state index is 10.7. The number of ether oxygens (including phenoxy) is 1. The normalized spacial score (nSPS) is 10.0. The van der Waals surface area contributed by atoms with E-state index in [4.69, 9.17) is 9.84 Å². The van der Waals surface area contributed by atoms with Crippen LogP contribution < -0.4 is 0 Å². The number of aromatic carboxylic acids is 1. The highest BCUT2D eigenvalue weighted by atomic mass is 16.5. The Morgan fingerprint density at radius 3 is 3.06 bits per heavy atom. The summed E-state index contributed by atoms with van der Waals surface area (Å²) >= 11 is 0. The zero-order chi connectivity index (χ0) is 11.8. The lowest BCUT2D eigenvalue weighted by Gasteiger charge is -2.03. The standard InChI is InChI=1S/C12H15NO3/c1-2-3-4-8-16-9-10-6-5-7-11(13-10)12(14)15/h2,5-7H,1,3-4,8-9H2,(H,14,15). The summed E-state index contributed by atoms with van der Waals surface area (Å²) in [6.45, 7) is 4.59. The van der Waals surface area contributed by atoms with Crippen molar-refractivity contribution in [2.45, 2.75) is 19.4 Å². The van der Waals surface area contributed by atoms with Crippen molar-refractivity contribution in [3.63, 3.8) is 0 Å². The molecule has 0 spiro atoms. The third-order valence-corrected chi connectivity index (χ3v) is 1.97. The van der Waals surface area contributed by atoms with E-state index >= 15 is 0 Å². The summed E-state index contributed by atoms with van der Waals surface area (Å²) < 4.78 is 5.35. The predicted octanol–water partition coefficient (Wildman–Crippen LogP) is 2.26. The Kier molecular flexibility index (Phi) is 5.22. The van der Waals surface area contributed by atoms with E-state index in [1.807, 2.05) is 6.08 Å². The predicted molar refractivity (Wildman–Crippen MR) is 60.3 cm³/mol. The van der Waals surface area contributed by atoms with E-state index in [0.717, 1.165) is 12.8 Å². The first-order chi connectivity index (χ1) is 7.74. The molecule has 0 amide bonds. The van der Waals surface area contributed by atoms with Gasteiger partial charge in [0.25, 0.3) is 0 Å². The second kappa shape index (κ2) is 6.74. The number of hydrogen-bond donors (Lipinski definition) is 1. The molecular formula is C12H15NO3. The van der Waals surface area contributed by atoms with Gasteiger partial charge < -0.3 is 9.84 Å². The first kappa shape index (κ1) is 12.4. The maximum Gasteiger partial charge on any atom is 0.354 e. The van der Waals surface area contributed by atoms with Gasteiger partial charge in [-0.15, -0.1) is 6.58 Å². The number of pyridine rings is 1. The van der Waals surface area contributed by atoms with Gasteiger partial charge in [-0.25, -0.2) is 9.78 Å². The second-order valence-corrected chi connectivity index (χ2v) is 3.30. The van der Waals surface area contributed by atoms with Gasteiger partial charge in [0.05, 0.1) is 12.3 Å². The van der Waals surface area contributed by atoms with Gasteiger partial charge in [-0.1, -0.05) is 12.1 Å². The van der Waals surface area contributed by atoms with E-state index < -0.39 is 5.97 Å². The minimum Gasteiger partial charge on any atom is -0.477 e. The van der Waals surface area contributed by atoms with E-state index in [1.54, 1.807) is 12.1 Å². The van der Waals surface area contributed by atoms with Crippen LogP contribution in [0.5, 0.6) is 0 Å². The number of nitrogens with zero attached hydrogens (tertiary/aromatic N) is 1. The summed E-state index contributed by atoms with van der Waals surface area (Å²) in [4.78, 5) is 14.6. The van der Waals surface area contributed by atoms with Gasteiger partial charge in [-0.05, 0) is 25.0 Å². The van der Waals surface area contributed by atoms with Crippen molar-refractivity contribution < 1.29 is 14.6 Å². The molecule has 1 rings (SSSR count). The summed E-state index contributed by atoms with van der Waals surface area (Å²) in [7, 11) is 0. The number of carboxylic acid groups (broad SMARTS) is 1. The molecule has 0 radical (unpaired) electrons. The van der Waals surface area contributed by atoms with Crippen molar-refractivity contribution in [1.29, 1.82) is 0 Å². The molecule has 1 N–H and O–H groups in total. The molecule has 0 aliphatic carbocycles. The maximum absolute atomic E-state index is 10.7. The number of allylic oxidation sites excluding steroid dienone is 1. The summed E-state index contributed by atoms with van der Waals surface area (Å²) in [6.07, 6.45) is 3.68. The van der Waals surface area contributed by atoms with Crippen LogP contribution in [-0.4, -0.2) is 22.7 Å². The third-order valence-electron chi connectivity index (χ3n) is 1.97. The van der Waals surface area contributed by atoms with E-state index in [9.17, 15) is 4.79 Å². The quantitative estimate of drug-likeness (QED) is 0.566. The number of carboxylic acids is 1. The zero-order valence-corrected chi connectivity index (χ0v) is 9.06. The van der Waals surface area contributed by atoms with E-state index in [2.05, 4.69) is 11.6 Å². The van der Waals surface area contributed by atoms with Gasteiger partial charge in [0.1, 0.15) is 5.69 Å². The van der Waals surface area contributed by atoms with Gasteiger partial charge in [0.2, 0.25) is 0 Å². The van der Waals surface area contributed by atoms with Crippen LogP contribution in [0.2, 0.25) is 0 Å². The van der Waals surface area contributed by atoms with Crippen LogP contribution in [0, 0.1) is 0 Å². The molecule has 0 fully saturated rings. The molecule has 0 aliphatic rings. The van der Waals surface area contributed by atoms with Crippen LogP contribution in [0.25, 0.3) is 0 Å². The molecule has 86 valence electrons. The number of rotatable bonds is 7. The fourth-order valence-electron chi connectivity index (χ4n) is 1.19. The Bertz CT molecular complexity index is 363. The lowest BCUT2D eigenvalue weighted by molar-refractivity contribution is 0.0688. The first-order valence-electron chi connectivity index (χ1n) is 5.12. The Balaban J connectivity index is 2.39. The molecule has 0 saturated carbocycles. The van der Waals surface area contributed by atoms with Crippen molar-refractivity contribution >= 4 is 5.97 Å². The summed E-state index contributed by atoms with van der Waals surface area (Å²) in [5.41, 5.74) is 0.686. The smallest absolute Gasteiger partial charge is 0.354 e. The fraction of sp³-hybridized carbons (Fsp3) is 0.333. The first-order valence-corrected chi connectivity index (χ1v) is 5.12. The largest absolute Gasteiger partial charge is 0.477 e. The van der Waals surface area contributed by atoms with Crippen LogP contribution in [0.4, 0.5) is 0 Å². The lowest BCUT2D eigenvalue weighted by Crippen LogP contribution is -2.04. The molecule has 0 aromatic carbocycles. The minimum atomic E-state index is -1.02. The topological polar surface area (TPSA) is 59.4 Å². The summed E-state index contributed by atoms with van der Waals surface area (Å²) in [6, 6.07) is 4.88. The summed E-state index contributed by atoms with van der Waals surface area (Å²) in [5.74, 6) is -1.02. The molecular weight excluding hydrogens is 206 g/mol. The van der Waals surface area contributed by atoms with Crippen LogP contribution >= 0.6 is 0 Å². The highest BCUT2D eigenvalue weighted by Crippen LogP contribution is 2.02. The lowest BCUT2D eigenvalue weighted by atomic mass is 10.3. The summed E-state index contributed by atoms with van der Waals surface area (Å²) in [5, 5.41) is 8.74. The Morgan fingerprint density at radius 2 is 2.38 bits per heavy atom. The molecule has 1 aromatic rings. The Morgan fingerprint density at radius 1 is 1.56 bits per heavy atom. The SMILES string of the molecule is C=CCCCOCc1cccc(C(=O)O)n1. The second-order valence-electron chi connectivity index (χ2n) is 3.30. The molecule has 4 heteroatoms. The van der Waals surface area contributed by atoms with Gasteiger partial charge in [-0.3, -0.25) is 0 Å². The Hall–Kier alpha value is -1.68. The van der Waals surface area contributed by atoms with Gasteiger partial charge >= 0.3 is 5.97 Å². The third kappa shape index (κ3) is 4.23. The Labute approximate surface area is 94.6 Å². The highest BCUT2D eigenvalue weighted by molar-refractivity contribution is 5.85. The molecule has 4 nitrogen and oxygen atoms in total. The number of hydrogen-bond acceptors (Lipinski definition) is 3. The van der Waals surface area contributed by atoms with Gasteiger partial charge in [0.15, 0.2) is 0 Å². The average Bonchev–Trinajstić information content (AvgIpc) is 2.29. The molecule has 1 aromatic heterocycles. The fourth-order valence-corrected chi connectivity index (χ4v) is 1.19. The molecule has 0 saturated heterocycles. The van der Waals surface area contributed by atoms with Gasteiger partial charge in [0, 0.05) is 6.61 Å². The minimum absolute atomic E-state index is 0.0483. The monoisotopic (exact) mass is 221 g/mol. The van der Waals surface area contributed by atoms with Crippen molar-refractivity contribution in [1.82, 2.24) is 4.98 Å². The highest BCUT2D eigenvalue weighted by Gasteiger charge is 2.04. The zero-order valence-electron chi connectivity index (χ0n) is 9.06. The van der Waals surface area contributed by atoms with E-state index in [1.165, 1.54) is 6.07 Å². The van der Waals surface area contributed by atoms with Crippen LogP contribution in [0.3, 0.4) is 0 Å². The number of unbranched alkanes of at least 4 members (excludes halogenated alkanes) is 1. The van der Waals surface area contributed by atoms with E-state index in [-0.39, 0.29) is 5.69 Å². The van der Waals surface area contributed by atoms with Gasteiger partial charge in [-0.2, -0.15) is 0 Å². The molecule has 16 heavy (non-hydrogen) atoms. The number of carbonyl (C=O) groups is 1. The van der Waals surface area contributed by atoms with Crippen molar-refractivity contribution in [2.75, 3.05) is 6.61 Å². The van der Waals surface area contributed by atoms with Crippen molar-refractivity contribution in [2.24, 2.45) is 0 Å². The molecule has 0 unspecified atom stereocenters. The molecule has 0 bridgehead atoms. The number of aromatic nitrogens is 1.